The summed E-state index contributed by atoms with van der Waals surface area (Å²) in [6, 6.07) is 7.40. The van der Waals surface area contributed by atoms with Gasteiger partial charge in [-0.05, 0) is 44.5 Å². The molecule has 1 N–H and O–H groups in total. The number of methoxy groups -OCH3 is 2. The van der Waals surface area contributed by atoms with Crippen molar-refractivity contribution in [3.63, 3.8) is 0 Å². The van der Waals surface area contributed by atoms with E-state index in [1.807, 2.05) is 50.1 Å². The molecular formula is C21H30N2O4. The van der Waals surface area contributed by atoms with Crippen molar-refractivity contribution in [3.8, 4) is 5.75 Å². The van der Waals surface area contributed by atoms with Crippen molar-refractivity contribution >= 4 is 11.9 Å². The molecule has 1 aromatic carbocycles. The lowest BCUT2D eigenvalue weighted by molar-refractivity contribution is -0.153. The van der Waals surface area contributed by atoms with Crippen LogP contribution < -0.4 is 10.1 Å². The Hall–Kier alpha value is -2.34. The highest BCUT2D eigenvalue weighted by Crippen LogP contribution is 2.48. The normalized spacial score (nSPS) is 25.1. The fourth-order valence-electron chi connectivity index (χ4n) is 3.97. The lowest BCUT2D eigenvalue weighted by Gasteiger charge is -2.35. The average Bonchev–Trinajstić information content (AvgIpc) is 2.99. The van der Waals surface area contributed by atoms with Crippen LogP contribution in [0.1, 0.15) is 38.3 Å². The molecule has 0 spiro atoms. The fraction of sp³-hybridized carbons (Fsp3) is 0.524. The molecule has 6 nitrogen and oxygen atoms in total. The summed E-state index contributed by atoms with van der Waals surface area (Å²) in [6.07, 6.45) is 0.971. The second kappa shape index (κ2) is 8.57. The Morgan fingerprint density at radius 2 is 1.93 bits per heavy atom. The summed E-state index contributed by atoms with van der Waals surface area (Å²) in [5.41, 5.74) is 1.02. The first kappa shape index (κ1) is 21.0. The molecule has 1 fully saturated rings. The van der Waals surface area contributed by atoms with Crippen molar-refractivity contribution in [1.29, 1.82) is 0 Å². The Morgan fingerprint density at radius 3 is 2.41 bits per heavy atom. The van der Waals surface area contributed by atoms with Crippen molar-refractivity contribution < 1.29 is 19.1 Å². The third-order valence-corrected chi connectivity index (χ3v) is 5.54. The Kier molecular flexibility index (Phi) is 6.65. The van der Waals surface area contributed by atoms with E-state index < -0.39 is 5.54 Å². The summed E-state index contributed by atoms with van der Waals surface area (Å²) in [5, 5.41) is 2.94. The first-order valence-electron chi connectivity index (χ1n) is 9.18. The summed E-state index contributed by atoms with van der Waals surface area (Å²) < 4.78 is 10.3. The van der Waals surface area contributed by atoms with Gasteiger partial charge in [-0.25, -0.2) is 0 Å². The van der Waals surface area contributed by atoms with Crippen LogP contribution in [0.3, 0.4) is 0 Å². The predicted octanol–water partition coefficient (Wildman–Crippen LogP) is 2.70. The number of hydrogen-bond donors (Lipinski definition) is 1. The van der Waals surface area contributed by atoms with E-state index in [0.717, 1.165) is 16.9 Å². The van der Waals surface area contributed by atoms with Crippen LogP contribution in [-0.2, 0) is 14.3 Å². The summed E-state index contributed by atoms with van der Waals surface area (Å²) >= 11 is 0. The SMILES string of the molecule is C=C(C)CNC(=O)[C@H]1C[C@@](CC)(C(=O)OC)N(C)[C@H]1c1ccc(OC)cc1. The molecule has 1 heterocycles. The number of amides is 1. The third kappa shape index (κ3) is 4.00. The van der Waals surface area contributed by atoms with Crippen LogP contribution in [-0.4, -0.2) is 50.1 Å². The van der Waals surface area contributed by atoms with Crippen molar-refractivity contribution in [2.75, 3.05) is 27.8 Å². The summed E-state index contributed by atoms with van der Waals surface area (Å²) in [7, 11) is 4.90. The van der Waals surface area contributed by atoms with Gasteiger partial charge in [0, 0.05) is 12.6 Å². The number of carbonyl (C=O) groups excluding carboxylic acids is 2. The maximum Gasteiger partial charge on any atom is 0.326 e. The monoisotopic (exact) mass is 374 g/mol. The number of likely N-dealkylation sites (tertiary alicyclic amines) is 1. The molecule has 0 saturated carbocycles. The Bertz CT molecular complexity index is 701. The molecule has 0 aromatic heterocycles. The number of esters is 1. The third-order valence-electron chi connectivity index (χ3n) is 5.54. The summed E-state index contributed by atoms with van der Waals surface area (Å²) in [5.74, 6) is -0.00897. The van der Waals surface area contributed by atoms with E-state index in [1.54, 1.807) is 7.11 Å². The molecule has 2 rings (SSSR count). The first-order valence-corrected chi connectivity index (χ1v) is 9.18. The lowest BCUT2D eigenvalue weighted by atomic mass is 9.87. The molecule has 148 valence electrons. The second-order valence-electron chi connectivity index (χ2n) is 7.19. The molecule has 0 radical (unpaired) electrons. The fourth-order valence-corrected chi connectivity index (χ4v) is 3.97. The minimum absolute atomic E-state index is 0.0788. The number of likely N-dealkylation sites (N-methyl/N-ethyl adjacent to an activating group) is 1. The number of benzene rings is 1. The van der Waals surface area contributed by atoms with Gasteiger partial charge in [0.05, 0.1) is 20.1 Å². The van der Waals surface area contributed by atoms with Gasteiger partial charge in [-0.2, -0.15) is 0 Å². The van der Waals surface area contributed by atoms with Crippen LogP contribution in [0.4, 0.5) is 0 Å². The van der Waals surface area contributed by atoms with Crippen molar-refractivity contribution in [2.24, 2.45) is 5.92 Å². The van der Waals surface area contributed by atoms with Crippen LogP contribution in [0.25, 0.3) is 0 Å². The molecular weight excluding hydrogens is 344 g/mol. The molecule has 0 bridgehead atoms. The van der Waals surface area contributed by atoms with Gasteiger partial charge in [-0.1, -0.05) is 31.2 Å². The summed E-state index contributed by atoms with van der Waals surface area (Å²) in [4.78, 5) is 27.6. The van der Waals surface area contributed by atoms with Gasteiger partial charge in [0.15, 0.2) is 0 Å². The van der Waals surface area contributed by atoms with Gasteiger partial charge in [-0.3, -0.25) is 14.5 Å². The van der Waals surface area contributed by atoms with Gasteiger partial charge >= 0.3 is 5.97 Å². The highest BCUT2D eigenvalue weighted by atomic mass is 16.5. The second-order valence-corrected chi connectivity index (χ2v) is 7.19. The predicted molar refractivity (Wildman–Crippen MR) is 104 cm³/mol. The maximum atomic E-state index is 13.0. The van der Waals surface area contributed by atoms with E-state index in [2.05, 4.69) is 11.9 Å². The van der Waals surface area contributed by atoms with E-state index in [0.29, 0.717) is 19.4 Å². The highest BCUT2D eigenvalue weighted by Gasteiger charge is 2.56. The molecule has 1 aliphatic rings. The van der Waals surface area contributed by atoms with Gasteiger partial charge in [-0.15, -0.1) is 0 Å². The smallest absolute Gasteiger partial charge is 0.326 e. The highest BCUT2D eigenvalue weighted by molar-refractivity contribution is 5.86. The number of ether oxygens (including phenoxy) is 2. The zero-order chi connectivity index (χ0) is 20.2. The van der Waals surface area contributed by atoms with Crippen LogP contribution in [0.15, 0.2) is 36.4 Å². The molecule has 1 aliphatic heterocycles. The van der Waals surface area contributed by atoms with E-state index >= 15 is 0 Å². The largest absolute Gasteiger partial charge is 0.497 e. The summed E-state index contributed by atoms with van der Waals surface area (Å²) in [6.45, 7) is 8.08. The van der Waals surface area contributed by atoms with Crippen LogP contribution in [0.5, 0.6) is 5.75 Å². The molecule has 1 amide bonds. The molecule has 1 saturated heterocycles. The molecule has 6 heteroatoms. The molecule has 27 heavy (non-hydrogen) atoms. The standard InChI is InChI=1S/C21H30N2O4/c1-7-21(20(25)27-6)12-17(19(24)22-13-14(2)3)18(23(21)4)15-8-10-16(26-5)11-9-15/h8-11,17-18H,2,7,12-13H2,1,3-6H3,(H,22,24)/t17-,18-,21-/m0/s1. The van der Waals surface area contributed by atoms with E-state index in [4.69, 9.17) is 9.47 Å². The first-order chi connectivity index (χ1) is 12.8. The number of rotatable bonds is 7. The van der Waals surface area contributed by atoms with Gasteiger partial charge in [0.1, 0.15) is 11.3 Å². The number of carbonyl (C=O) groups is 2. The minimum atomic E-state index is -0.829. The molecule has 1 aromatic rings. The minimum Gasteiger partial charge on any atom is -0.497 e. The molecule has 3 atom stereocenters. The lowest BCUT2D eigenvalue weighted by Crippen LogP contribution is -2.49. The van der Waals surface area contributed by atoms with Crippen molar-refractivity contribution in [3.05, 3.63) is 42.0 Å². The maximum absolute atomic E-state index is 13.0. The van der Waals surface area contributed by atoms with Crippen molar-refractivity contribution in [2.45, 2.75) is 38.3 Å². The van der Waals surface area contributed by atoms with Crippen LogP contribution >= 0.6 is 0 Å². The van der Waals surface area contributed by atoms with Crippen LogP contribution in [0, 0.1) is 5.92 Å². The zero-order valence-electron chi connectivity index (χ0n) is 16.9. The van der Waals surface area contributed by atoms with E-state index in [9.17, 15) is 9.59 Å². The zero-order valence-corrected chi connectivity index (χ0v) is 16.9. The number of nitrogens with one attached hydrogen (secondary N) is 1. The van der Waals surface area contributed by atoms with Gasteiger partial charge in [0.2, 0.25) is 5.91 Å². The molecule has 0 aliphatic carbocycles. The van der Waals surface area contributed by atoms with Gasteiger partial charge in [0.25, 0.3) is 0 Å². The number of nitrogens with zero attached hydrogens (tertiary/aromatic N) is 1. The van der Waals surface area contributed by atoms with Crippen molar-refractivity contribution in [1.82, 2.24) is 10.2 Å². The number of hydrogen-bond acceptors (Lipinski definition) is 5. The van der Waals surface area contributed by atoms with Crippen LogP contribution in [0.2, 0.25) is 0 Å². The van der Waals surface area contributed by atoms with Gasteiger partial charge < -0.3 is 14.8 Å². The van der Waals surface area contributed by atoms with E-state index in [-0.39, 0.29) is 23.8 Å². The molecule has 0 unspecified atom stereocenters. The topological polar surface area (TPSA) is 67.9 Å². The quantitative estimate of drug-likeness (QED) is 0.587. The Balaban J connectivity index is 2.43. The average molecular weight is 374 g/mol. The Labute approximate surface area is 161 Å². The van der Waals surface area contributed by atoms with E-state index in [1.165, 1.54) is 7.11 Å². The Morgan fingerprint density at radius 1 is 1.30 bits per heavy atom.